The highest BCUT2D eigenvalue weighted by molar-refractivity contribution is 5.91. The molecule has 0 aliphatic rings. The van der Waals surface area contributed by atoms with E-state index in [1.165, 1.54) is 0 Å². The maximum Gasteiger partial charge on any atom is 0.261 e. The second kappa shape index (κ2) is 6.48. The van der Waals surface area contributed by atoms with Crippen LogP contribution < -0.4 is 16.6 Å². The van der Waals surface area contributed by atoms with Crippen molar-refractivity contribution in [2.24, 2.45) is 0 Å². The summed E-state index contributed by atoms with van der Waals surface area (Å²) in [5.41, 5.74) is 7.74. The fourth-order valence-corrected chi connectivity index (χ4v) is 2.47. The normalized spacial score (nSPS) is 10.8. The van der Waals surface area contributed by atoms with Gasteiger partial charge in [0.25, 0.3) is 5.56 Å². The molecule has 118 valence electrons. The van der Waals surface area contributed by atoms with E-state index in [0.717, 1.165) is 24.9 Å². The molecule has 4 N–H and O–H groups in total. The molecule has 0 aliphatic heterocycles. The second-order valence-corrected chi connectivity index (χ2v) is 5.35. The maximum atomic E-state index is 12.5. The Morgan fingerprint density at radius 2 is 2.00 bits per heavy atom. The van der Waals surface area contributed by atoms with Gasteiger partial charge in [-0.3, -0.25) is 4.79 Å². The molecule has 6 nitrogen and oxygen atoms in total. The van der Waals surface area contributed by atoms with Crippen molar-refractivity contribution in [3.8, 4) is 11.3 Å². The van der Waals surface area contributed by atoms with Crippen molar-refractivity contribution in [1.29, 1.82) is 0 Å². The molecule has 3 rings (SSSR count). The molecule has 0 bridgehead atoms. The fraction of sp³-hybridized carbons (Fsp3) is 0.235. The highest BCUT2D eigenvalue weighted by Crippen LogP contribution is 2.22. The van der Waals surface area contributed by atoms with E-state index in [4.69, 9.17) is 5.73 Å². The minimum atomic E-state index is -0.222. The van der Waals surface area contributed by atoms with E-state index < -0.39 is 0 Å². The van der Waals surface area contributed by atoms with Crippen LogP contribution in [0.25, 0.3) is 22.2 Å². The van der Waals surface area contributed by atoms with Crippen LogP contribution in [0.3, 0.4) is 0 Å². The number of anilines is 2. The minimum Gasteiger partial charge on any atom is -0.369 e. The Hall–Kier alpha value is -2.89. The van der Waals surface area contributed by atoms with E-state index in [9.17, 15) is 4.79 Å². The molecule has 6 heteroatoms. The van der Waals surface area contributed by atoms with Gasteiger partial charge in [-0.05, 0) is 18.1 Å². The first-order chi connectivity index (χ1) is 11.2. The first kappa shape index (κ1) is 15.0. The molecule has 0 unspecified atom stereocenters. The summed E-state index contributed by atoms with van der Waals surface area (Å²) in [6.45, 7) is 2.84. The van der Waals surface area contributed by atoms with Gasteiger partial charge in [-0.15, -0.1) is 0 Å². The fourth-order valence-electron chi connectivity index (χ4n) is 2.47. The van der Waals surface area contributed by atoms with Crippen LogP contribution in [0.5, 0.6) is 0 Å². The van der Waals surface area contributed by atoms with Gasteiger partial charge in [0.15, 0.2) is 0 Å². The number of fused-ring (bicyclic) bond motifs is 1. The van der Waals surface area contributed by atoms with Crippen LogP contribution in [0.4, 0.5) is 11.8 Å². The highest BCUT2D eigenvalue weighted by Gasteiger charge is 2.12. The molecule has 2 aromatic heterocycles. The average Bonchev–Trinajstić information content (AvgIpc) is 2.55. The third-order valence-corrected chi connectivity index (χ3v) is 3.62. The zero-order valence-electron chi connectivity index (χ0n) is 13.0. The lowest BCUT2D eigenvalue weighted by Gasteiger charge is -2.10. The van der Waals surface area contributed by atoms with Crippen LogP contribution in [0.15, 0.2) is 41.2 Å². The summed E-state index contributed by atoms with van der Waals surface area (Å²) in [5, 5.41) is 3.62. The van der Waals surface area contributed by atoms with Gasteiger partial charge >= 0.3 is 0 Å². The predicted molar refractivity (Wildman–Crippen MR) is 93.4 cm³/mol. The van der Waals surface area contributed by atoms with Crippen LogP contribution in [0.1, 0.15) is 19.8 Å². The van der Waals surface area contributed by atoms with E-state index >= 15 is 0 Å². The predicted octanol–water partition coefficient (Wildman–Crippen LogP) is 2.78. The van der Waals surface area contributed by atoms with Crippen molar-refractivity contribution in [1.82, 2.24) is 15.0 Å². The number of rotatable bonds is 5. The number of H-pyrrole nitrogens is 1. The molecule has 1 aromatic carbocycles. The number of nitrogen functional groups attached to an aromatic ring is 1. The van der Waals surface area contributed by atoms with E-state index in [-0.39, 0.29) is 11.5 Å². The summed E-state index contributed by atoms with van der Waals surface area (Å²) in [7, 11) is 0. The molecular weight excluding hydrogens is 290 g/mol. The molecule has 23 heavy (non-hydrogen) atoms. The van der Waals surface area contributed by atoms with Crippen LogP contribution in [-0.2, 0) is 0 Å². The SMILES string of the molecule is CCCCNc1nc(N)nc2cc(-c3ccccc3)[nH]c(=O)c12. The molecule has 2 heterocycles. The van der Waals surface area contributed by atoms with E-state index in [0.29, 0.717) is 22.4 Å². The Bertz CT molecular complexity index is 873. The number of hydrogen-bond donors (Lipinski definition) is 3. The van der Waals surface area contributed by atoms with Crippen molar-refractivity contribution < 1.29 is 0 Å². The number of aromatic nitrogens is 3. The lowest BCUT2D eigenvalue weighted by Crippen LogP contribution is -2.14. The number of hydrogen-bond acceptors (Lipinski definition) is 5. The summed E-state index contributed by atoms with van der Waals surface area (Å²) in [6.07, 6.45) is 2.05. The molecule has 0 radical (unpaired) electrons. The molecule has 0 atom stereocenters. The van der Waals surface area contributed by atoms with E-state index in [1.54, 1.807) is 0 Å². The summed E-state index contributed by atoms with van der Waals surface area (Å²) in [5.74, 6) is 0.642. The smallest absolute Gasteiger partial charge is 0.261 e. The van der Waals surface area contributed by atoms with Gasteiger partial charge in [0, 0.05) is 6.54 Å². The largest absolute Gasteiger partial charge is 0.369 e. The maximum absolute atomic E-state index is 12.5. The van der Waals surface area contributed by atoms with Crippen molar-refractivity contribution in [2.75, 3.05) is 17.6 Å². The lowest BCUT2D eigenvalue weighted by molar-refractivity contribution is 0.831. The Kier molecular flexibility index (Phi) is 4.23. The zero-order valence-corrected chi connectivity index (χ0v) is 13.0. The third kappa shape index (κ3) is 3.15. The molecule has 3 aromatic rings. The average molecular weight is 309 g/mol. The van der Waals surface area contributed by atoms with E-state index in [2.05, 4.69) is 27.2 Å². The molecule has 0 fully saturated rings. The van der Waals surface area contributed by atoms with Gasteiger partial charge < -0.3 is 16.0 Å². The van der Waals surface area contributed by atoms with Crippen molar-refractivity contribution in [3.63, 3.8) is 0 Å². The van der Waals surface area contributed by atoms with Gasteiger partial charge in [0.2, 0.25) is 5.95 Å². The number of benzene rings is 1. The molecule has 0 spiro atoms. The van der Waals surface area contributed by atoms with Crippen LogP contribution in [0.2, 0.25) is 0 Å². The summed E-state index contributed by atoms with van der Waals surface area (Å²) in [4.78, 5) is 23.8. The third-order valence-electron chi connectivity index (χ3n) is 3.62. The number of unbranched alkanes of at least 4 members (excludes halogenated alkanes) is 1. The summed E-state index contributed by atoms with van der Waals surface area (Å²) in [6, 6.07) is 11.5. The monoisotopic (exact) mass is 309 g/mol. The van der Waals surface area contributed by atoms with Gasteiger partial charge in [-0.1, -0.05) is 43.7 Å². The molecular formula is C17H19N5O. The van der Waals surface area contributed by atoms with Gasteiger partial charge in [-0.25, -0.2) is 4.98 Å². The van der Waals surface area contributed by atoms with Gasteiger partial charge in [0.1, 0.15) is 11.2 Å². The zero-order chi connectivity index (χ0) is 16.2. The second-order valence-electron chi connectivity index (χ2n) is 5.35. The lowest BCUT2D eigenvalue weighted by atomic mass is 10.1. The number of aromatic amines is 1. The summed E-state index contributed by atoms with van der Waals surface area (Å²) >= 11 is 0. The Morgan fingerprint density at radius 1 is 1.22 bits per heavy atom. The summed E-state index contributed by atoms with van der Waals surface area (Å²) < 4.78 is 0. The first-order valence-corrected chi connectivity index (χ1v) is 7.69. The van der Waals surface area contributed by atoms with Crippen molar-refractivity contribution in [3.05, 3.63) is 46.8 Å². The molecule has 0 amide bonds. The topological polar surface area (TPSA) is 96.7 Å². The van der Waals surface area contributed by atoms with Crippen molar-refractivity contribution in [2.45, 2.75) is 19.8 Å². The Labute approximate surface area is 133 Å². The minimum absolute atomic E-state index is 0.154. The Balaban J connectivity index is 2.12. The van der Waals surface area contributed by atoms with Crippen molar-refractivity contribution >= 4 is 22.7 Å². The standard InChI is InChI=1S/C17H19N5O/c1-2-3-9-19-15-14-13(21-17(18)22-15)10-12(20-16(14)23)11-7-5-4-6-8-11/h4-8,10H,2-3,9H2,1H3,(H,20,23)(H3,18,19,21,22). The van der Waals surface area contributed by atoms with E-state index in [1.807, 2.05) is 36.4 Å². The molecule has 0 aliphatic carbocycles. The Morgan fingerprint density at radius 3 is 2.74 bits per heavy atom. The van der Waals surface area contributed by atoms with Gasteiger partial charge in [0.05, 0.1) is 11.2 Å². The highest BCUT2D eigenvalue weighted by atomic mass is 16.1. The number of nitrogens with one attached hydrogen (secondary N) is 2. The van der Waals surface area contributed by atoms with Gasteiger partial charge in [-0.2, -0.15) is 4.98 Å². The number of nitrogens with zero attached hydrogens (tertiary/aromatic N) is 2. The van der Waals surface area contributed by atoms with Crippen LogP contribution in [-0.4, -0.2) is 21.5 Å². The quantitative estimate of drug-likeness (QED) is 0.630. The van der Waals surface area contributed by atoms with Crippen LogP contribution >= 0.6 is 0 Å². The molecule has 0 saturated heterocycles. The number of pyridine rings is 1. The number of nitrogens with two attached hydrogens (primary N) is 1. The molecule has 0 saturated carbocycles. The first-order valence-electron chi connectivity index (χ1n) is 7.69. The van der Waals surface area contributed by atoms with Crippen LogP contribution in [0, 0.1) is 0 Å².